The number of carbonyl (C=O) groups is 1. The van der Waals surface area contributed by atoms with Gasteiger partial charge in [-0.3, -0.25) is 4.79 Å². The zero-order valence-electron chi connectivity index (χ0n) is 16.3. The zero-order chi connectivity index (χ0) is 22.1. The number of thioether (sulfide) groups is 1. The first-order valence-corrected chi connectivity index (χ1v) is 10.0. The molecule has 2 rings (SSSR count). The van der Waals surface area contributed by atoms with Gasteiger partial charge in [-0.15, -0.1) is 16.7 Å². The third-order valence-electron chi connectivity index (χ3n) is 3.77. The molecule has 0 radical (unpaired) electrons. The van der Waals surface area contributed by atoms with Crippen LogP contribution in [-0.4, -0.2) is 31.6 Å². The van der Waals surface area contributed by atoms with Gasteiger partial charge in [0.15, 0.2) is 11.5 Å². The fourth-order valence-electron chi connectivity index (χ4n) is 2.52. The maximum atomic E-state index is 12.5. The number of alkyl halides is 3. The van der Waals surface area contributed by atoms with Gasteiger partial charge < -0.3 is 14.2 Å². The fourth-order valence-corrected chi connectivity index (χ4v) is 3.30. The van der Waals surface area contributed by atoms with Crippen molar-refractivity contribution in [1.29, 1.82) is 0 Å². The van der Waals surface area contributed by atoms with Crippen LogP contribution in [0.15, 0.2) is 41.6 Å². The molecule has 30 heavy (non-hydrogen) atoms. The summed E-state index contributed by atoms with van der Waals surface area (Å²) in [6.45, 7) is 1.96. The van der Waals surface area contributed by atoms with E-state index >= 15 is 0 Å². The summed E-state index contributed by atoms with van der Waals surface area (Å²) in [6.07, 6.45) is -4.28. The monoisotopic (exact) mass is 443 g/mol. The topological polar surface area (TPSA) is 74.2 Å². The number of methoxy groups -OCH3 is 1. The van der Waals surface area contributed by atoms with Gasteiger partial charge in [0.25, 0.3) is 0 Å². The predicted molar refractivity (Wildman–Crippen MR) is 108 cm³/mol. The van der Waals surface area contributed by atoms with E-state index in [1.807, 2.05) is 0 Å². The zero-order valence-corrected chi connectivity index (χ0v) is 17.1. The molecule has 2 aromatic carbocycles. The molecular weight excluding hydrogens is 423 g/mol. The number of nitrogens with zero attached hydrogens (tertiary/aromatic N) is 1. The fraction of sp³-hybridized carbons (Fsp3) is 0.350. The standard InChI is InChI=1S/C20H20F3NO5S/c1-3-28-19(25)9-13-4-6-17(27-2)18(8-13)29-16-7-5-15(24-26)10-14(16)11-30-12-20(21,22)23/h4-8,10H,3,9,11-12H2,1-2H3. The van der Waals surface area contributed by atoms with E-state index in [0.717, 1.165) is 0 Å². The Balaban J connectivity index is 2.28. The van der Waals surface area contributed by atoms with Crippen LogP contribution in [0.2, 0.25) is 0 Å². The van der Waals surface area contributed by atoms with E-state index < -0.39 is 17.9 Å². The van der Waals surface area contributed by atoms with E-state index in [-0.39, 0.29) is 36.0 Å². The molecule has 0 aliphatic heterocycles. The molecule has 0 atom stereocenters. The van der Waals surface area contributed by atoms with Crippen LogP contribution in [0, 0.1) is 4.91 Å². The summed E-state index contributed by atoms with van der Waals surface area (Å²) in [5, 5.41) is 2.82. The van der Waals surface area contributed by atoms with E-state index in [4.69, 9.17) is 14.2 Å². The molecule has 6 nitrogen and oxygen atoms in total. The van der Waals surface area contributed by atoms with Crippen LogP contribution in [0.3, 0.4) is 0 Å². The largest absolute Gasteiger partial charge is 0.493 e. The summed E-state index contributed by atoms with van der Waals surface area (Å²) < 4.78 is 53.5. The minimum atomic E-state index is -4.31. The van der Waals surface area contributed by atoms with Crippen molar-refractivity contribution in [2.45, 2.75) is 25.3 Å². The SMILES string of the molecule is CCOC(=O)Cc1ccc(OC)c(Oc2ccc(N=O)cc2CSCC(F)(F)F)c1. The lowest BCUT2D eigenvalue weighted by Crippen LogP contribution is -2.10. The Labute approximate surface area is 175 Å². The average Bonchev–Trinajstić information content (AvgIpc) is 2.68. The number of rotatable bonds is 10. The summed E-state index contributed by atoms with van der Waals surface area (Å²) in [7, 11) is 1.44. The maximum absolute atomic E-state index is 12.5. The smallest absolute Gasteiger partial charge is 0.397 e. The summed E-state index contributed by atoms with van der Waals surface area (Å²) in [5.41, 5.74) is 1.07. The lowest BCUT2D eigenvalue weighted by molar-refractivity contribution is -0.142. The highest BCUT2D eigenvalue weighted by molar-refractivity contribution is 7.98. The Morgan fingerprint density at radius 2 is 1.83 bits per heavy atom. The quantitative estimate of drug-likeness (QED) is 0.342. The van der Waals surface area contributed by atoms with Gasteiger partial charge in [-0.25, -0.2) is 0 Å². The van der Waals surface area contributed by atoms with Crippen LogP contribution < -0.4 is 9.47 Å². The molecule has 162 valence electrons. The van der Waals surface area contributed by atoms with E-state index in [1.165, 1.54) is 25.3 Å². The van der Waals surface area contributed by atoms with E-state index in [9.17, 15) is 22.9 Å². The molecule has 10 heteroatoms. The summed E-state index contributed by atoms with van der Waals surface area (Å²) in [4.78, 5) is 22.6. The van der Waals surface area contributed by atoms with E-state index in [0.29, 0.717) is 28.6 Å². The molecule has 0 amide bonds. The number of nitroso groups, excluding NO2 is 1. The van der Waals surface area contributed by atoms with Gasteiger partial charge >= 0.3 is 12.1 Å². The minimum absolute atomic E-state index is 0.0243. The molecule has 0 bridgehead atoms. The average molecular weight is 443 g/mol. The van der Waals surface area contributed by atoms with Crippen LogP contribution >= 0.6 is 11.8 Å². The van der Waals surface area contributed by atoms with Crippen LogP contribution in [0.1, 0.15) is 18.1 Å². The second-order valence-electron chi connectivity index (χ2n) is 6.06. The highest BCUT2D eigenvalue weighted by Gasteiger charge is 2.27. The van der Waals surface area contributed by atoms with Crippen LogP contribution in [0.5, 0.6) is 17.2 Å². The molecule has 0 aliphatic carbocycles. The molecule has 0 saturated heterocycles. The molecule has 0 saturated carbocycles. The molecule has 0 heterocycles. The Morgan fingerprint density at radius 3 is 2.47 bits per heavy atom. The number of esters is 1. The molecular formula is C20H20F3NO5S. The second-order valence-corrected chi connectivity index (χ2v) is 7.05. The molecule has 0 spiro atoms. The van der Waals surface area contributed by atoms with Gasteiger partial charge in [0.05, 0.1) is 25.9 Å². The number of halogens is 3. The Kier molecular flexibility index (Phi) is 8.52. The van der Waals surface area contributed by atoms with Crippen LogP contribution in [-0.2, 0) is 21.7 Å². The van der Waals surface area contributed by atoms with Crippen molar-refractivity contribution in [2.75, 3.05) is 19.5 Å². The third kappa shape index (κ3) is 7.25. The van der Waals surface area contributed by atoms with Gasteiger partial charge in [-0.05, 0) is 48.0 Å². The number of hydrogen-bond acceptors (Lipinski definition) is 7. The number of carbonyl (C=O) groups excluding carboxylic acids is 1. The Hall–Kier alpha value is -2.75. The molecule has 0 unspecified atom stereocenters. The molecule has 2 aromatic rings. The normalized spacial score (nSPS) is 11.1. The lowest BCUT2D eigenvalue weighted by atomic mass is 10.1. The third-order valence-corrected chi connectivity index (χ3v) is 4.82. The number of ether oxygens (including phenoxy) is 3. The van der Waals surface area contributed by atoms with Crippen molar-refractivity contribution in [3.8, 4) is 17.2 Å². The minimum Gasteiger partial charge on any atom is -0.493 e. The van der Waals surface area contributed by atoms with Crippen molar-refractivity contribution in [3.63, 3.8) is 0 Å². The van der Waals surface area contributed by atoms with Crippen molar-refractivity contribution < 1.29 is 32.2 Å². The molecule has 0 aliphatic rings. The predicted octanol–water partition coefficient (Wildman–Crippen LogP) is 5.79. The van der Waals surface area contributed by atoms with Crippen molar-refractivity contribution >= 4 is 23.4 Å². The van der Waals surface area contributed by atoms with Gasteiger partial charge in [0.2, 0.25) is 0 Å². The molecule has 0 aromatic heterocycles. The van der Waals surface area contributed by atoms with Gasteiger partial charge in [-0.1, -0.05) is 6.07 Å². The summed E-state index contributed by atoms with van der Waals surface area (Å²) >= 11 is 0.643. The lowest BCUT2D eigenvalue weighted by Gasteiger charge is -2.15. The summed E-state index contributed by atoms with van der Waals surface area (Å²) in [6, 6.07) is 9.12. The number of benzene rings is 2. The van der Waals surface area contributed by atoms with Crippen molar-refractivity contribution in [3.05, 3.63) is 52.4 Å². The second kappa shape index (κ2) is 10.9. The first-order chi connectivity index (χ1) is 14.3. The van der Waals surface area contributed by atoms with Gasteiger partial charge in [-0.2, -0.15) is 13.2 Å². The highest BCUT2D eigenvalue weighted by atomic mass is 32.2. The first-order valence-electron chi connectivity index (χ1n) is 8.87. The number of hydrogen-bond donors (Lipinski definition) is 0. The van der Waals surface area contributed by atoms with Gasteiger partial charge in [0, 0.05) is 11.3 Å². The Morgan fingerprint density at radius 1 is 1.10 bits per heavy atom. The highest BCUT2D eigenvalue weighted by Crippen LogP contribution is 2.37. The Bertz CT molecular complexity index is 889. The maximum Gasteiger partial charge on any atom is 0.397 e. The summed E-state index contributed by atoms with van der Waals surface area (Å²) in [5.74, 6) is -0.586. The van der Waals surface area contributed by atoms with Crippen LogP contribution in [0.25, 0.3) is 0 Å². The van der Waals surface area contributed by atoms with Crippen LogP contribution in [0.4, 0.5) is 18.9 Å². The first kappa shape index (κ1) is 23.5. The van der Waals surface area contributed by atoms with E-state index in [1.54, 1.807) is 25.1 Å². The van der Waals surface area contributed by atoms with Gasteiger partial charge in [0.1, 0.15) is 11.4 Å². The van der Waals surface area contributed by atoms with E-state index in [2.05, 4.69) is 5.18 Å². The van der Waals surface area contributed by atoms with Crippen molar-refractivity contribution in [1.82, 2.24) is 0 Å². The molecule has 0 N–H and O–H groups in total. The molecule has 0 fully saturated rings. The van der Waals surface area contributed by atoms with Crippen molar-refractivity contribution in [2.24, 2.45) is 5.18 Å².